The zero-order valence-electron chi connectivity index (χ0n) is 11.1. The summed E-state index contributed by atoms with van der Waals surface area (Å²) in [5, 5.41) is -0.635. The summed E-state index contributed by atoms with van der Waals surface area (Å²) >= 11 is 0. The van der Waals surface area contributed by atoms with Crippen LogP contribution in [0, 0.1) is 0 Å². The molecule has 102 valence electrons. The van der Waals surface area contributed by atoms with Gasteiger partial charge in [-0.1, -0.05) is 25.1 Å². The third-order valence-corrected chi connectivity index (χ3v) is 4.56. The van der Waals surface area contributed by atoms with Gasteiger partial charge in [0.15, 0.2) is 9.84 Å². The molecule has 4 nitrogen and oxygen atoms in total. The Hall–Kier alpha value is -1.07. The summed E-state index contributed by atoms with van der Waals surface area (Å²) in [6, 6.07) is 6.75. The molecular formula is C13H21NO3S. The number of hydrogen-bond donors (Lipinski definition) is 1. The summed E-state index contributed by atoms with van der Waals surface area (Å²) in [7, 11) is -3.17. The number of hydrogen-bond acceptors (Lipinski definition) is 4. The van der Waals surface area contributed by atoms with Gasteiger partial charge in [-0.05, 0) is 19.4 Å². The van der Waals surface area contributed by atoms with Crippen LogP contribution in [0.25, 0.3) is 0 Å². The van der Waals surface area contributed by atoms with E-state index in [2.05, 4.69) is 0 Å². The van der Waals surface area contributed by atoms with Crippen LogP contribution in [0.5, 0.6) is 5.75 Å². The topological polar surface area (TPSA) is 69.4 Å². The van der Waals surface area contributed by atoms with E-state index >= 15 is 0 Å². The summed E-state index contributed by atoms with van der Waals surface area (Å²) < 4.78 is 28.7. The fourth-order valence-electron chi connectivity index (χ4n) is 1.62. The molecule has 0 aliphatic carbocycles. The van der Waals surface area contributed by atoms with Gasteiger partial charge >= 0.3 is 0 Å². The number of nitrogens with two attached hydrogens (primary N) is 1. The van der Waals surface area contributed by atoms with Crippen LogP contribution in [-0.4, -0.2) is 26.5 Å². The molecule has 0 fully saturated rings. The highest BCUT2D eigenvalue weighted by molar-refractivity contribution is 7.91. The average molecular weight is 271 g/mol. The van der Waals surface area contributed by atoms with E-state index in [0.717, 1.165) is 12.0 Å². The van der Waals surface area contributed by atoms with Crippen molar-refractivity contribution in [2.45, 2.75) is 31.6 Å². The molecule has 18 heavy (non-hydrogen) atoms. The Labute approximate surface area is 109 Å². The molecule has 0 aliphatic rings. The quantitative estimate of drug-likeness (QED) is 0.858. The van der Waals surface area contributed by atoms with Crippen molar-refractivity contribution in [2.24, 2.45) is 5.73 Å². The second kappa shape index (κ2) is 6.20. The van der Waals surface area contributed by atoms with Crippen molar-refractivity contribution in [3.63, 3.8) is 0 Å². The number of ether oxygens (including phenoxy) is 1. The fourth-order valence-corrected chi connectivity index (χ4v) is 2.30. The van der Waals surface area contributed by atoms with E-state index in [9.17, 15) is 8.42 Å². The number of sulfone groups is 1. The van der Waals surface area contributed by atoms with Gasteiger partial charge in [0.1, 0.15) is 5.75 Å². The lowest BCUT2D eigenvalue weighted by atomic mass is 10.0. The third-order valence-electron chi connectivity index (χ3n) is 2.92. The molecule has 2 N–H and O–H groups in total. The molecule has 0 saturated heterocycles. The summed E-state index contributed by atoms with van der Waals surface area (Å²) in [5.41, 5.74) is 6.78. The van der Waals surface area contributed by atoms with Gasteiger partial charge in [0.05, 0.1) is 11.9 Å². The molecule has 1 aromatic carbocycles. The maximum absolute atomic E-state index is 11.6. The summed E-state index contributed by atoms with van der Waals surface area (Å²) in [4.78, 5) is 0. The van der Waals surface area contributed by atoms with Crippen LogP contribution in [0.4, 0.5) is 0 Å². The van der Waals surface area contributed by atoms with Gasteiger partial charge in [-0.15, -0.1) is 0 Å². The maximum Gasteiger partial charge on any atom is 0.151 e. The van der Waals surface area contributed by atoms with Crippen molar-refractivity contribution in [2.75, 3.05) is 12.9 Å². The van der Waals surface area contributed by atoms with Crippen LogP contribution in [-0.2, 0) is 9.84 Å². The Kier molecular flexibility index (Phi) is 5.16. The van der Waals surface area contributed by atoms with Crippen LogP contribution < -0.4 is 10.5 Å². The fraction of sp³-hybridized carbons (Fsp3) is 0.538. The molecule has 0 bridgehead atoms. The van der Waals surface area contributed by atoms with Gasteiger partial charge in [-0.25, -0.2) is 8.42 Å². The number of benzene rings is 1. The van der Waals surface area contributed by atoms with Crippen LogP contribution in [0.15, 0.2) is 24.3 Å². The normalized spacial score (nSPS) is 15.1. The number of rotatable bonds is 6. The highest BCUT2D eigenvalue weighted by atomic mass is 32.2. The molecule has 2 atom stereocenters. The Bertz CT molecular complexity index is 485. The van der Waals surface area contributed by atoms with Crippen molar-refractivity contribution in [3.05, 3.63) is 29.8 Å². The summed E-state index contributed by atoms with van der Waals surface area (Å²) in [6.45, 7) is 4.23. The van der Waals surface area contributed by atoms with Gasteiger partial charge in [-0.3, -0.25) is 0 Å². The van der Waals surface area contributed by atoms with Crippen LogP contribution in [0.2, 0.25) is 0 Å². The van der Waals surface area contributed by atoms with Crippen molar-refractivity contribution >= 4 is 9.84 Å². The zero-order valence-corrected chi connectivity index (χ0v) is 11.9. The van der Waals surface area contributed by atoms with Gasteiger partial charge in [-0.2, -0.15) is 0 Å². The minimum absolute atomic E-state index is 0.576. The summed E-state index contributed by atoms with van der Waals surface area (Å²) in [6.07, 6.45) is 2.10. The molecule has 0 aliphatic heterocycles. The molecular weight excluding hydrogens is 250 g/mol. The number of para-hydroxylation sites is 1. The van der Waals surface area contributed by atoms with Gasteiger partial charge in [0.2, 0.25) is 0 Å². The first-order chi connectivity index (χ1) is 8.38. The average Bonchev–Trinajstić information content (AvgIpc) is 2.33. The molecule has 0 heterocycles. The second-order valence-electron chi connectivity index (χ2n) is 4.45. The molecule has 0 aromatic heterocycles. The third kappa shape index (κ3) is 3.71. The SMILES string of the molecule is CCCOc1ccccc1C(N)C(C)S(C)(=O)=O. The van der Waals surface area contributed by atoms with Crippen LogP contribution in [0.3, 0.4) is 0 Å². The lowest BCUT2D eigenvalue weighted by Crippen LogP contribution is -2.30. The van der Waals surface area contributed by atoms with E-state index in [0.29, 0.717) is 12.4 Å². The highest BCUT2D eigenvalue weighted by Crippen LogP contribution is 2.28. The molecule has 1 rings (SSSR count). The first-order valence-electron chi connectivity index (χ1n) is 6.04. The Morgan fingerprint density at radius 3 is 2.50 bits per heavy atom. The predicted octanol–water partition coefficient (Wildman–Crippen LogP) is 1.91. The van der Waals surface area contributed by atoms with E-state index in [1.54, 1.807) is 6.92 Å². The molecule has 2 unspecified atom stereocenters. The minimum Gasteiger partial charge on any atom is -0.493 e. The first-order valence-corrected chi connectivity index (χ1v) is 7.99. The lowest BCUT2D eigenvalue weighted by Gasteiger charge is -2.21. The monoisotopic (exact) mass is 271 g/mol. The molecule has 0 radical (unpaired) electrons. The van der Waals surface area contributed by atoms with E-state index in [4.69, 9.17) is 10.5 Å². The van der Waals surface area contributed by atoms with Crippen molar-refractivity contribution < 1.29 is 13.2 Å². The van der Waals surface area contributed by atoms with E-state index in [1.165, 1.54) is 6.26 Å². The smallest absolute Gasteiger partial charge is 0.151 e. The van der Waals surface area contributed by atoms with Crippen molar-refractivity contribution in [1.82, 2.24) is 0 Å². The first kappa shape index (κ1) is 15.0. The minimum atomic E-state index is -3.17. The van der Waals surface area contributed by atoms with Gasteiger partial charge in [0, 0.05) is 17.9 Å². The van der Waals surface area contributed by atoms with Crippen molar-refractivity contribution in [1.29, 1.82) is 0 Å². The predicted molar refractivity (Wildman–Crippen MR) is 73.5 cm³/mol. The van der Waals surface area contributed by atoms with E-state index in [-0.39, 0.29) is 0 Å². The largest absolute Gasteiger partial charge is 0.493 e. The standard InChI is InChI=1S/C13H21NO3S/c1-4-9-17-12-8-6-5-7-11(12)13(14)10(2)18(3,15)16/h5-8,10,13H,4,9,14H2,1-3H3. The highest BCUT2D eigenvalue weighted by Gasteiger charge is 2.26. The molecule has 0 amide bonds. The van der Waals surface area contributed by atoms with E-state index in [1.807, 2.05) is 31.2 Å². The summed E-state index contributed by atoms with van der Waals surface area (Å²) in [5.74, 6) is 0.669. The Balaban J connectivity index is 3.01. The Morgan fingerprint density at radius 2 is 1.94 bits per heavy atom. The van der Waals surface area contributed by atoms with Gasteiger partial charge in [0.25, 0.3) is 0 Å². The van der Waals surface area contributed by atoms with Crippen LogP contribution in [0.1, 0.15) is 31.9 Å². The molecule has 5 heteroatoms. The van der Waals surface area contributed by atoms with Crippen molar-refractivity contribution in [3.8, 4) is 5.75 Å². The van der Waals surface area contributed by atoms with Crippen LogP contribution >= 0.6 is 0 Å². The lowest BCUT2D eigenvalue weighted by molar-refractivity contribution is 0.312. The van der Waals surface area contributed by atoms with E-state index < -0.39 is 21.1 Å². The second-order valence-corrected chi connectivity index (χ2v) is 6.85. The zero-order chi connectivity index (χ0) is 13.8. The molecule has 1 aromatic rings. The molecule has 0 saturated carbocycles. The van der Waals surface area contributed by atoms with Gasteiger partial charge < -0.3 is 10.5 Å². The molecule has 0 spiro atoms. The Morgan fingerprint density at radius 1 is 1.33 bits per heavy atom. The maximum atomic E-state index is 11.6.